The zero-order chi connectivity index (χ0) is 15.2. The van der Waals surface area contributed by atoms with Crippen molar-refractivity contribution >= 4 is 5.69 Å². The molecule has 0 saturated heterocycles. The van der Waals surface area contributed by atoms with E-state index < -0.39 is 0 Å². The molecule has 0 radical (unpaired) electrons. The molecule has 1 aromatic carbocycles. The molecule has 21 heavy (non-hydrogen) atoms. The molecule has 114 valence electrons. The monoisotopic (exact) mass is 286 g/mol. The molecular formula is C17H26N4. The molecule has 1 N–H and O–H groups in total. The molecular weight excluding hydrogens is 260 g/mol. The quantitative estimate of drug-likeness (QED) is 0.849. The number of rotatable bonds is 7. The average molecular weight is 286 g/mol. The van der Waals surface area contributed by atoms with Crippen molar-refractivity contribution < 1.29 is 0 Å². The molecule has 2 aromatic rings. The summed E-state index contributed by atoms with van der Waals surface area (Å²) in [5.74, 6) is 0. The van der Waals surface area contributed by atoms with Crippen molar-refractivity contribution in [2.24, 2.45) is 7.05 Å². The molecule has 0 amide bonds. The van der Waals surface area contributed by atoms with Gasteiger partial charge in [-0.1, -0.05) is 19.1 Å². The Balaban J connectivity index is 2.08. The van der Waals surface area contributed by atoms with Crippen molar-refractivity contribution in [3.63, 3.8) is 0 Å². The van der Waals surface area contributed by atoms with E-state index in [2.05, 4.69) is 66.8 Å². The van der Waals surface area contributed by atoms with Crippen LogP contribution >= 0.6 is 0 Å². The highest BCUT2D eigenvalue weighted by atomic mass is 15.2. The van der Waals surface area contributed by atoms with Crippen LogP contribution in [0.15, 0.2) is 36.7 Å². The first kappa shape index (κ1) is 15.6. The Hall–Kier alpha value is -1.81. The van der Waals surface area contributed by atoms with E-state index in [4.69, 9.17) is 0 Å². The van der Waals surface area contributed by atoms with Gasteiger partial charge in [0, 0.05) is 39.1 Å². The largest absolute Gasteiger partial charge is 0.378 e. The second-order valence-corrected chi connectivity index (χ2v) is 5.66. The van der Waals surface area contributed by atoms with Gasteiger partial charge in [-0.3, -0.25) is 4.68 Å². The topological polar surface area (TPSA) is 33.1 Å². The third kappa shape index (κ3) is 4.33. The van der Waals surface area contributed by atoms with Gasteiger partial charge in [-0.15, -0.1) is 0 Å². The van der Waals surface area contributed by atoms with E-state index >= 15 is 0 Å². The highest BCUT2D eigenvalue weighted by Crippen LogP contribution is 2.23. The van der Waals surface area contributed by atoms with Crippen LogP contribution in [-0.2, 0) is 13.5 Å². The van der Waals surface area contributed by atoms with Crippen LogP contribution in [0.5, 0.6) is 0 Å². The molecule has 4 heteroatoms. The highest BCUT2D eigenvalue weighted by Gasteiger charge is 2.12. The molecule has 1 unspecified atom stereocenters. The second-order valence-electron chi connectivity index (χ2n) is 5.66. The minimum atomic E-state index is 0.384. The van der Waals surface area contributed by atoms with Gasteiger partial charge in [0.2, 0.25) is 0 Å². The highest BCUT2D eigenvalue weighted by molar-refractivity contribution is 5.47. The summed E-state index contributed by atoms with van der Waals surface area (Å²) in [4.78, 5) is 2.15. The van der Waals surface area contributed by atoms with Crippen LogP contribution in [0, 0.1) is 0 Å². The van der Waals surface area contributed by atoms with Crippen LogP contribution in [0.2, 0.25) is 0 Å². The first-order valence-corrected chi connectivity index (χ1v) is 7.58. The van der Waals surface area contributed by atoms with Gasteiger partial charge in [-0.05, 0) is 42.6 Å². The van der Waals surface area contributed by atoms with Gasteiger partial charge in [0.1, 0.15) is 0 Å². The van der Waals surface area contributed by atoms with Gasteiger partial charge >= 0.3 is 0 Å². The number of benzene rings is 1. The molecule has 4 nitrogen and oxygen atoms in total. The van der Waals surface area contributed by atoms with Gasteiger partial charge in [-0.2, -0.15) is 5.10 Å². The fraction of sp³-hybridized carbons (Fsp3) is 0.471. The molecule has 1 heterocycles. The van der Waals surface area contributed by atoms with Crippen LogP contribution in [0.3, 0.4) is 0 Å². The van der Waals surface area contributed by atoms with E-state index in [1.807, 2.05) is 17.9 Å². The Morgan fingerprint density at radius 2 is 2.14 bits per heavy atom. The van der Waals surface area contributed by atoms with Crippen molar-refractivity contribution in [2.45, 2.75) is 25.8 Å². The molecule has 0 saturated carbocycles. The summed E-state index contributed by atoms with van der Waals surface area (Å²) in [6, 6.07) is 9.16. The Morgan fingerprint density at radius 1 is 1.33 bits per heavy atom. The SMILES string of the molecule is CCNC(CCc1cnn(C)c1)c1cccc(N(C)C)c1. The second kappa shape index (κ2) is 7.27. The van der Waals surface area contributed by atoms with Crippen LogP contribution in [-0.4, -0.2) is 30.4 Å². The number of aryl methyl sites for hydroxylation is 2. The van der Waals surface area contributed by atoms with Crippen LogP contribution < -0.4 is 10.2 Å². The predicted octanol–water partition coefficient (Wildman–Crippen LogP) is 2.77. The van der Waals surface area contributed by atoms with Gasteiger partial charge < -0.3 is 10.2 Å². The average Bonchev–Trinajstić information content (AvgIpc) is 2.89. The van der Waals surface area contributed by atoms with E-state index in [0.29, 0.717) is 6.04 Å². The van der Waals surface area contributed by atoms with Gasteiger partial charge in [0.05, 0.1) is 6.20 Å². The Morgan fingerprint density at radius 3 is 2.76 bits per heavy atom. The lowest BCUT2D eigenvalue weighted by Crippen LogP contribution is -2.22. The molecule has 0 bridgehead atoms. The van der Waals surface area contributed by atoms with Gasteiger partial charge in [-0.25, -0.2) is 0 Å². The lowest BCUT2D eigenvalue weighted by atomic mass is 9.99. The lowest BCUT2D eigenvalue weighted by Gasteiger charge is -2.20. The lowest BCUT2D eigenvalue weighted by molar-refractivity contribution is 0.515. The van der Waals surface area contributed by atoms with E-state index in [1.165, 1.54) is 16.8 Å². The standard InChI is InChI=1S/C17H26N4/c1-5-18-17(10-9-14-12-19-21(4)13-14)15-7-6-8-16(11-15)20(2)3/h6-8,11-13,17-18H,5,9-10H2,1-4H3. The minimum Gasteiger partial charge on any atom is -0.378 e. The smallest absolute Gasteiger partial charge is 0.0521 e. The first-order valence-electron chi connectivity index (χ1n) is 7.58. The molecule has 1 aromatic heterocycles. The number of anilines is 1. The van der Waals surface area contributed by atoms with Crippen molar-refractivity contribution in [3.8, 4) is 0 Å². The Labute approximate surface area is 127 Å². The zero-order valence-corrected chi connectivity index (χ0v) is 13.5. The number of hydrogen-bond donors (Lipinski definition) is 1. The fourth-order valence-electron chi connectivity index (χ4n) is 2.56. The third-order valence-electron chi connectivity index (χ3n) is 3.72. The number of nitrogens with one attached hydrogen (secondary N) is 1. The number of nitrogens with zero attached hydrogens (tertiary/aromatic N) is 3. The number of hydrogen-bond acceptors (Lipinski definition) is 3. The van der Waals surface area contributed by atoms with Crippen molar-refractivity contribution in [3.05, 3.63) is 47.8 Å². The summed E-state index contributed by atoms with van der Waals surface area (Å²) in [6.45, 7) is 3.14. The minimum absolute atomic E-state index is 0.384. The number of aromatic nitrogens is 2. The third-order valence-corrected chi connectivity index (χ3v) is 3.72. The molecule has 2 rings (SSSR count). The van der Waals surface area contributed by atoms with E-state index in [9.17, 15) is 0 Å². The maximum Gasteiger partial charge on any atom is 0.0521 e. The first-order chi connectivity index (χ1) is 10.1. The zero-order valence-electron chi connectivity index (χ0n) is 13.5. The maximum absolute atomic E-state index is 4.24. The summed E-state index contributed by atoms with van der Waals surface area (Å²) in [7, 11) is 6.12. The summed E-state index contributed by atoms with van der Waals surface area (Å²) in [5.41, 5.74) is 3.90. The van der Waals surface area contributed by atoms with E-state index in [1.54, 1.807) is 0 Å². The normalized spacial score (nSPS) is 12.4. The van der Waals surface area contributed by atoms with Crippen LogP contribution in [0.4, 0.5) is 5.69 Å². The summed E-state index contributed by atoms with van der Waals surface area (Å²) >= 11 is 0. The Kier molecular flexibility index (Phi) is 5.39. The molecule has 1 atom stereocenters. The van der Waals surface area contributed by atoms with Crippen molar-refractivity contribution in [1.29, 1.82) is 0 Å². The van der Waals surface area contributed by atoms with E-state index in [0.717, 1.165) is 19.4 Å². The fourth-order valence-corrected chi connectivity index (χ4v) is 2.56. The van der Waals surface area contributed by atoms with E-state index in [-0.39, 0.29) is 0 Å². The molecule has 0 aliphatic heterocycles. The van der Waals surface area contributed by atoms with Crippen molar-refractivity contribution in [2.75, 3.05) is 25.5 Å². The summed E-state index contributed by atoms with van der Waals surface area (Å²) in [6.07, 6.45) is 6.17. The molecule has 0 aliphatic carbocycles. The molecule has 0 fully saturated rings. The predicted molar refractivity (Wildman–Crippen MR) is 88.7 cm³/mol. The Bertz CT molecular complexity index is 559. The molecule has 0 aliphatic rings. The molecule has 0 spiro atoms. The van der Waals surface area contributed by atoms with Gasteiger partial charge in [0.15, 0.2) is 0 Å². The summed E-state index contributed by atoms with van der Waals surface area (Å²) < 4.78 is 1.87. The van der Waals surface area contributed by atoms with Gasteiger partial charge in [0.25, 0.3) is 0 Å². The van der Waals surface area contributed by atoms with Crippen LogP contribution in [0.1, 0.15) is 30.5 Å². The van der Waals surface area contributed by atoms with Crippen LogP contribution in [0.25, 0.3) is 0 Å². The summed E-state index contributed by atoms with van der Waals surface area (Å²) in [5, 5.41) is 7.84. The maximum atomic E-state index is 4.24. The van der Waals surface area contributed by atoms with Crippen molar-refractivity contribution in [1.82, 2.24) is 15.1 Å².